The van der Waals surface area contributed by atoms with Gasteiger partial charge >= 0.3 is 0 Å². The van der Waals surface area contributed by atoms with Crippen LogP contribution in [0.2, 0.25) is 0 Å². The largest absolute Gasteiger partial charge is 0.491 e. The van der Waals surface area contributed by atoms with E-state index in [2.05, 4.69) is 31.3 Å². The first kappa shape index (κ1) is 13.4. The summed E-state index contributed by atoms with van der Waals surface area (Å²) in [5.41, 5.74) is 1.26. The van der Waals surface area contributed by atoms with E-state index in [0.29, 0.717) is 12.0 Å². The normalized spacial score (nSPS) is 17.8. The molecule has 0 amide bonds. The number of hydrogen-bond acceptors (Lipinski definition) is 3. The van der Waals surface area contributed by atoms with E-state index >= 15 is 0 Å². The molecule has 0 fully saturated rings. The molecule has 1 unspecified atom stereocenters. The Morgan fingerprint density at radius 2 is 2.17 bits per heavy atom. The zero-order chi connectivity index (χ0) is 12.8. The topological polar surface area (TPSA) is 30.5 Å². The molecule has 0 aromatic heterocycles. The van der Waals surface area contributed by atoms with Crippen molar-refractivity contribution in [2.75, 3.05) is 26.4 Å². The van der Waals surface area contributed by atoms with E-state index in [0.717, 1.165) is 38.5 Å². The highest BCUT2D eigenvalue weighted by atomic mass is 16.5. The van der Waals surface area contributed by atoms with Crippen LogP contribution in [0.3, 0.4) is 0 Å². The van der Waals surface area contributed by atoms with Crippen LogP contribution in [0.1, 0.15) is 31.9 Å². The highest BCUT2D eigenvalue weighted by molar-refractivity contribution is 5.39. The molecule has 1 N–H and O–H groups in total. The average molecular weight is 249 g/mol. The lowest BCUT2D eigenvalue weighted by Gasteiger charge is -2.12. The first-order valence-electron chi connectivity index (χ1n) is 6.80. The fraction of sp³-hybridized carbons (Fsp3) is 0.600. The molecule has 0 aliphatic carbocycles. The molecular weight excluding hydrogens is 226 g/mol. The van der Waals surface area contributed by atoms with Gasteiger partial charge < -0.3 is 14.8 Å². The minimum atomic E-state index is 0.315. The minimum Gasteiger partial charge on any atom is -0.491 e. The smallest absolute Gasteiger partial charge is 0.124 e. The van der Waals surface area contributed by atoms with Gasteiger partial charge in [0.1, 0.15) is 12.4 Å². The molecule has 0 bridgehead atoms. The Kier molecular flexibility index (Phi) is 5.02. The Balaban J connectivity index is 1.64. The molecule has 100 valence electrons. The van der Waals surface area contributed by atoms with Crippen molar-refractivity contribution in [2.45, 2.75) is 26.3 Å². The van der Waals surface area contributed by atoms with Gasteiger partial charge in [-0.15, -0.1) is 0 Å². The van der Waals surface area contributed by atoms with E-state index in [1.54, 1.807) is 0 Å². The molecular formula is C15H23NO2. The Bertz CT molecular complexity index is 365. The number of fused-ring (bicyclic) bond motifs is 1. The van der Waals surface area contributed by atoms with Gasteiger partial charge in [-0.05, 0) is 18.4 Å². The number of nitrogens with one attached hydrogen (secondary N) is 1. The quantitative estimate of drug-likeness (QED) is 0.754. The summed E-state index contributed by atoms with van der Waals surface area (Å²) in [6.45, 7) is 7.66. The summed E-state index contributed by atoms with van der Waals surface area (Å²) in [5, 5.41) is 3.48. The predicted octanol–water partition coefficient (Wildman–Crippen LogP) is 2.77. The van der Waals surface area contributed by atoms with Crippen molar-refractivity contribution in [3.63, 3.8) is 0 Å². The van der Waals surface area contributed by atoms with Gasteiger partial charge in [0.15, 0.2) is 0 Å². The van der Waals surface area contributed by atoms with Gasteiger partial charge in [0.25, 0.3) is 0 Å². The Hall–Kier alpha value is -1.06. The van der Waals surface area contributed by atoms with E-state index in [1.807, 2.05) is 12.1 Å². The molecule has 1 atom stereocenters. The monoisotopic (exact) mass is 249 g/mol. The molecule has 1 aliphatic rings. The van der Waals surface area contributed by atoms with Gasteiger partial charge in [-0.2, -0.15) is 0 Å². The van der Waals surface area contributed by atoms with Gasteiger partial charge in [0.05, 0.1) is 12.6 Å². The summed E-state index contributed by atoms with van der Waals surface area (Å²) in [6.07, 6.45) is 1.13. The molecule has 1 heterocycles. The number of para-hydroxylation sites is 1. The maximum atomic E-state index is 5.62. The average Bonchev–Trinajstić information content (AvgIpc) is 2.77. The van der Waals surface area contributed by atoms with Crippen molar-refractivity contribution < 1.29 is 9.47 Å². The Labute approximate surface area is 109 Å². The third kappa shape index (κ3) is 3.72. The van der Waals surface area contributed by atoms with Gasteiger partial charge in [0, 0.05) is 18.7 Å². The van der Waals surface area contributed by atoms with Crippen LogP contribution >= 0.6 is 0 Å². The molecule has 0 spiro atoms. The lowest BCUT2D eigenvalue weighted by Crippen LogP contribution is -2.26. The van der Waals surface area contributed by atoms with Gasteiger partial charge in [-0.3, -0.25) is 0 Å². The van der Waals surface area contributed by atoms with Crippen LogP contribution in [0, 0.1) is 5.92 Å². The van der Waals surface area contributed by atoms with Crippen molar-refractivity contribution in [2.24, 2.45) is 5.92 Å². The summed E-state index contributed by atoms with van der Waals surface area (Å²) >= 11 is 0. The Morgan fingerprint density at radius 1 is 1.33 bits per heavy atom. The van der Waals surface area contributed by atoms with Crippen molar-refractivity contribution in [1.29, 1.82) is 0 Å². The van der Waals surface area contributed by atoms with Crippen LogP contribution in [0.5, 0.6) is 5.75 Å². The zero-order valence-electron chi connectivity index (χ0n) is 11.3. The lowest BCUT2D eigenvalue weighted by molar-refractivity contribution is 0.122. The first-order chi connectivity index (χ1) is 8.77. The maximum absolute atomic E-state index is 5.62. The third-order valence-electron chi connectivity index (χ3n) is 3.18. The highest BCUT2D eigenvalue weighted by Crippen LogP contribution is 2.31. The van der Waals surface area contributed by atoms with Crippen molar-refractivity contribution in [3.05, 3.63) is 29.8 Å². The molecule has 3 heteroatoms. The Morgan fingerprint density at radius 3 is 3.00 bits per heavy atom. The van der Waals surface area contributed by atoms with Crippen molar-refractivity contribution >= 4 is 0 Å². The van der Waals surface area contributed by atoms with Crippen molar-refractivity contribution in [3.8, 4) is 5.75 Å². The maximum Gasteiger partial charge on any atom is 0.124 e. The molecule has 1 aliphatic heterocycles. The van der Waals surface area contributed by atoms with E-state index in [9.17, 15) is 0 Å². The van der Waals surface area contributed by atoms with Crippen LogP contribution in [-0.2, 0) is 4.74 Å². The molecule has 3 nitrogen and oxygen atoms in total. The summed E-state index contributed by atoms with van der Waals surface area (Å²) in [4.78, 5) is 0. The summed E-state index contributed by atoms with van der Waals surface area (Å²) in [6, 6.07) is 8.53. The predicted molar refractivity (Wildman–Crippen MR) is 73.0 cm³/mol. The summed E-state index contributed by atoms with van der Waals surface area (Å²) in [7, 11) is 0. The van der Waals surface area contributed by atoms with Crippen LogP contribution in [0.15, 0.2) is 24.3 Å². The molecule has 0 radical (unpaired) electrons. The summed E-state index contributed by atoms with van der Waals surface area (Å²) < 4.78 is 11.2. The van der Waals surface area contributed by atoms with Crippen molar-refractivity contribution in [1.82, 2.24) is 5.32 Å². The third-order valence-corrected chi connectivity index (χ3v) is 3.18. The van der Waals surface area contributed by atoms with Crippen LogP contribution < -0.4 is 10.1 Å². The van der Waals surface area contributed by atoms with Crippen LogP contribution in [0.4, 0.5) is 0 Å². The van der Waals surface area contributed by atoms with E-state index in [4.69, 9.17) is 9.47 Å². The molecule has 0 saturated heterocycles. The molecule has 1 aromatic carbocycles. The lowest BCUT2D eigenvalue weighted by atomic mass is 10.1. The molecule has 2 rings (SSSR count). The number of hydrogen-bond donors (Lipinski definition) is 1. The van der Waals surface area contributed by atoms with E-state index in [1.165, 1.54) is 5.56 Å². The van der Waals surface area contributed by atoms with Gasteiger partial charge in [-0.1, -0.05) is 32.0 Å². The van der Waals surface area contributed by atoms with Gasteiger partial charge in [-0.25, -0.2) is 0 Å². The SMILES string of the molecule is CC(C)CCOCCNC1COc2ccccc21. The highest BCUT2D eigenvalue weighted by Gasteiger charge is 2.22. The first-order valence-corrected chi connectivity index (χ1v) is 6.80. The number of ether oxygens (including phenoxy) is 2. The zero-order valence-corrected chi connectivity index (χ0v) is 11.3. The standard InChI is InChI=1S/C15H23NO2/c1-12(2)7-9-17-10-8-16-14-11-18-15-6-4-3-5-13(14)15/h3-6,12,14,16H,7-11H2,1-2H3. The van der Waals surface area contributed by atoms with E-state index < -0.39 is 0 Å². The second kappa shape index (κ2) is 6.76. The number of benzene rings is 1. The molecule has 0 saturated carbocycles. The fourth-order valence-electron chi connectivity index (χ4n) is 2.06. The number of rotatable bonds is 7. The summed E-state index contributed by atoms with van der Waals surface area (Å²) in [5.74, 6) is 1.73. The van der Waals surface area contributed by atoms with Crippen LogP contribution in [0.25, 0.3) is 0 Å². The fourth-order valence-corrected chi connectivity index (χ4v) is 2.06. The second-order valence-corrected chi connectivity index (χ2v) is 5.15. The minimum absolute atomic E-state index is 0.315. The van der Waals surface area contributed by atoms with Crippen LogP contribution in [-0.4, -0.2) is 26.4 Å². The van der Waals surface area contributed by atoms with E-state index in [-0.39, 0.29) is 0 Å². The second-order valence-electron chi connectivity index (χ2n) is 5.15. The van der Waals surface area contributed by atoms with Gasteiger partial charge in [0.2, 0.25) is 0 Å². The molecule has 18 heavy (non-hydrogen) atoms. The molecule has 1 aromatic rings.